The summed E-state index contributed by atoms with van der Waals surface area (Å²) in [5.74, 6) is 2.18. The first-order chi connectivity index (χ1) is 8.06. The average molecular weight is 250 g/mol. The second-order valence-electron chi connectivity index (χ2n) is 5.88. The van der Waals surface area contributed by atoms with Gasteiger partial charge in [0.2, 0.25) is 5.91 Å². The van der Waals surface area contributed by atoms with Crippen LogP contribution in [0.1, 0.15) is 38.1 Å². The summed E-state index contributed by atoms with van der Waals surface area (Å²) in [4.78, 5) is 16.5. The third kappa shape index (κ3) is 2.10. The average Bonchev–Trinajstić information content (AvgIpc) is 2.76. The third-order valence-corrected chi connectivity index (χ3v) is 5.11. The molecule has 17 heavy (non-hydrogen) atoms. The highest BCUT2D eigenvalue weighted by atomic mass is 32.1. The fourth-order valence-electron chi connectivity index (χ4n) is 2.92. The summed E-state index contributed by atoms with van der Waals surface area (Å²) in [6.45, 7) is 4.05. The zero-order valence-corrected chi connectivity index (χ0v) is 11.1. The Balaban J connectivity index is 1.64. The van der Waals surface area contributed by atoms with Gasteiger partial charge in [0, 0.05) is 17.5 Å². The Kier molecular flexibility index (Phi) is 2.51. The Morgan fingerprint density at radius 1 is 1.41 bits per heavy atom. The molecule has 1 amide bonds. The number of carbonyl (C=O) groups is 1. The molecule has 1 heterocycles. The van der Waals surface area contributed by atoms with Crippen molar-refractivity contribution < 1.29 is 4.79 Å². The van der Waals surface area contributed by atoms with E-state index in [1.165, 1.54) is 6.42 Å². The maximum Gasteiger partial charge on any atom is 0.223 e. The molecular formula is C13H18N2OS. The van der Waals surface area contributed by atoms with Crippen LogP contribution in [0.15, 0.2) is 11.6 Å². The van der Waals surface area contributed by atoms with Crippen LogP contribution in [-0.4, -0.2) is 10.9 Å². The Labute approximate surface area is 106 Å². The molecule has 2 fully saturated rings. The molecule has 4 heteroatoms. The molecule has 3 nitrogen and oxygen atoms in total. The maximum atomic E-state index is 12.2. The summed E-state index contributed by atoms with van der Waals surface area (Å²) in [6.07, 6.45) is 5.35. The molecule has 2 aliphatic carbocycles. The first-order valence-electron chi connectivity index (χ1n) is 6.28. The summed E-state index contributed by atoms with van der Waals surface area (Å²) in [5.41, 5.74) is -0.335. The Morgan fingerprint density at radius 3 is 2.71 bits per heavy atom. The highest BCUT2D eigenvalue weighted by molar-refractivity contribution is 7.09. The number of hydrogen-bond acceptors (Lipinski definition) is 3. The molecule has 2 saturated carbocycles. The van der Waals surface area contributed by atoms with E-state index in [9.17, 15) is 4.79 Å². The lowest BCUT2D eigenvalue weighted by atomic mass is 9.99. The van der Waals surface area contributed by atoms with Crippen molar-refractivity contribution in [2.45, 2.75) is 38.6 Å². The molecule has 1 aromatic heterocycles. The molecule has 0 aromatic carbocycles. The van der Waals surface area contributed by atoms with Gasteiger partial charge in [0.25, 0.3) is 0 Å². The van der Waals surface area contributed by atoms with Crippen LogP contribution < -0.4 is 5.32 Å². The second-order valence-corrected chi connectivity index (χ2v) is 6.77. The molecule has 2 atom stereocenters. The summed E-state index contributed by atoms with van der Waals surface area (Å²) in [5, 5.41) is 6.08. The smallest absolute Gasteiger partial charge is 0.223 e. The van der Waals surface area contributed by atoms with Gasteiger partial charge in [-0.05, 0) is 44.9 Å². The van der Waals surface area contributed by atoms with E-state index in [0.29, 0.717) is 0 Å². The van der Waals surface area contributed by atoms with Gasteiger partial charge in [0.05, 0.1) is 5.54 Å². The van der Waals surface area contributed by atoms with Crippen molar-refractivity contribution in [2.24, 2.45) is 17.8 Å². The zero-order valence-electron chi connectivity index (χ0n) is 10.3. The molecule has 92 valence electrons. The van der Waals surface area contributed by atoms with Gasteiger partial charge < -0.3 is 5.32 Å². The van der Waals surface area contributed by atoms with Crippen molar-refractivity contribution in [3.8, 4) is 0 Å². The third-order valence-electron chi connectivity index (χ3n) is 4.02. The number of nitrogens with one attached hydrogen (secondary N) is 1. The van der Waals surface area contributed by atoms with E-state index in [0.717, 1.165) is 29.7 Å². The van der Waals surface area contributed by atoms with E-state index >= 15 is 0 Å². The summed E-state index contributed by atoms with van der Waals surface area (Å²) < 4.78 is 0. The van der Waals surface area contributed by atoms with E-state index in [4.69, 9.17) is 0 Å². The van der Waals surface area contributed by atoms with E-state index in [2.05, 4.69) is 10.3 Å². The van der Waals surface area contributed by atoms with Crippen LogP contribution in [0, 0.1) is 17.8 Å². The molecule has 2 unspecified atom stereocenters. The van der Waals surface area contributed by atoms with E-state index in [1.54, 1.807) is 17.5 Å². The maximum absolute atomic E-state index is 12.2. The molecule has 0 aliphatic heterocycles. The van der Waals surface area contributed by atoms with Gasteiger partial charge in [-0.1, -0.05) is 0 Å². The van der Waals surface area contributed by atoms with Crippen LogP contribution in [0.3, 0.4) is 0 Å². The monoisotopic (exact) mass is 250 g/mol. The van der Waals surface area contributed by atoms with Gasteiger partial charge >= 0.3 is 0 Å². The van der Waals surface area contributed by atoms with Crippen molar-refractivity contribution in [2.75, 3.05) is 0 Å². The number of fused-ring (bicyclic) bond motifs is 1. The first kappa shape index (κ1) is 11.2. The number of nitrogens with zero attached hydrogens (tertiary/aromatic N) is 1. The molecule has 0 saturated heterocycles. The highest BCUT2D eigenvalue weighted by Crippen LogP contribution is 2.54. The van der Waals surface area contributed by atoms with Crippen LogP contribution in [0.5, 0.6) is 0 Å². The summed E-state index contributed by atoms with van der Waals surface area (Å²) in [6, 6.07) is 0. The van der Waals surface area contributed by atoms with Crippen LogP contribution >= 0.6 is 11.3 Å². The standard InChI is InChI=1S/C13H18N2OS/c1-13(2,12-14-3-4-17-12)15-11(16)10-6-8-5-9(8)7-10/h3-4,8-10H,5-7H2,1-2H3,(H,15,16). The fourth-order valence-corrected chi connectivity index (χ4v) is 3.64. The lowest BCUT2D eigenvalue weighted by Gasteiger charge is -2.26. The molecule has 0 spiro atoms. The highest BCUT2D eigenvalue weighted by Gasteiger charge is 2.48. The first-order valence-corrected chi connectivity index (χ1v) is 7.16. The van der Waals surface area contributed by atoms with Gasteiger partial charge in [-0.25, -0.2) is 4.98 Å². The number of rotatable bonds is 3. The lowest BCUT2D eigenvalue weighted by Crippen LogP contribution is -2.43. The normalized spacial score (nSPS) is 31.1. The SMILES string of the molecule is CC(C)(NC(=O)C1CC2CC2C1)c1nccs1. The number of thiazole rings is 1. The molecule has 1 N–H and O–H groups in total. The molecule has 0 bridgehead atoms. The van der Waals surface area contributed by atoms with Crippen LogP contribution in [0.25, 0.3) is 0 Å². The number of amides is 1. The molecule has 2 aliphatic rings. The zero-order chi connectivity index (χ0) is 12.0. The molecule has 1 aromatic rings. The van der Waals surface area contributed by atoms with Gasteiger partial charge in [0.1, 0.15) is 5.01 Å². The van der Waals surface area contributed by atoms with Crippen LogP contribution in [0.4, 0.5) is 0 Å². The number of hydrogen-bond donors (Lipinski definition) is 1. The number of carbonyl (C=O) groups excluding carboxylic acids is 1. The van der Waals surface area contributed by atoms with E-state index < -0.39 is 0 Å². The van der Waals surface area contributed by atoms with Crippen LogP contribution in [0.2, 0.25) is 0 Å². The van der Waals surface area contributed by atoms with E-state index in [-0.39, 0.29) is 17.4 Å². The molecule has 3 rings (SSSR count). The Hall–Kier alpha value is -0.900. The van der Waals surface area contributed by atoms with Crippen molar-refractivity contribution in [1.29, 1.82) is 0 Å². The summed E-state index contributed by atoms with van der Waals surface area (Å²) in [7, 11) is 0. The minimum absolute atomic E-state index is 0.220. The minimum Gasteiger partial charge on any atom is -0.344 e. The van der Waals surface area contributed by atoms with Crippen molar-refractivity contribution in [3.05, 3.63) is 16.6 Å². The Morgan fingerprint density at radius 2 is 2.12 bits per heavy atom. The summed E-state index contributed by atoms with van der Waals surface area (Å²) >= 11 is 1.60. The van der Waals surface area contributed by atoms with Crippen molar-refractivity contribution in [3.63, 3.8) is 0 Å². The van der Waals surface area contributed by atoms with Crippen molar-refractivity contribution >= 4 is 17.2 Å². The predicted molar refractivity (Wildman–Crippen MR) is 67.6 cm³/mol. The second kappa shape index (κ2) is 3.80. The van der Waals surface area contributed by atoms with Gasteiger partial charge in [-0.15, -0.1) is 11.3 Å². The topological polar surface area (TPSA) is 42.0 Å². The lowest BCUT2D eigenvalue weighted by molar-refractivity contribution is -0.126. The van der Waals surface area contributed by atoms with Crippen LogP contribution in [-0.2, 0) is 10.3 Å². The van der Waals surface area contributed by atoms with Gasteiger partial charge in [0.15, 0.2) is 0 Å². The predicted octanol–water partition coefficient (Wildman–Crippen LogP) is 2.54. The minimum atomic E-state index is -0.335. The molecular weight excluding hydrogens is 232 g/mol. The fraction of sp³-hybridized carbons (Fsp3) is 0.692. The Bertz CT molecular complexity index is 417. The van der Waals surface area contributed by atoms with Gasteiger partial charge in [-0.3, -0.25) is 4.79 Å². The number of aromatic nitrogens is 1. The quantitative estimate of drug-likeness (QED) is 0.895. The van der Waals surface area contributed by atoms with Gasteiger partial charge in [-0.2, -0.15) is 0 Å². The van der Waals surface area contributed by atoms with E-state index in [1.807, 2.05) is 19.2 Å². The van der Waals surface area contributed by atoms with Crippen molar-refractivity contribution in [1.82, 2.24) is 10.3 Å². The molecule has 0 radical (unpaired) electrons. The largest absolute Gasteiger partial charge is 0.344 e.